The van der Waals surface area contributed by atoms with Crippen LogP contribution >= 0.6 is 35.7 Å². The number of hydrogen-bond donors (Lipinski definition) is 0. The van der Waals surface area contributed by atoms with Crippen LogP contribution in [-0.4, -0.2) is 3.53 Å². The average Bonchev–Trinajstić information content (AvgIpc) is 2.45. The number of thiocarbonyl (C=S) groups is 1. The quantitative estimate of drug-likeness (QED) is 0.590. The van der Waals surface area contributed by atoms with Gasteiger partial charge in [-0.25, -0.2) is 0 Å². The van der Waals surface area contributed by atoms with Crippen LogP contribution in [0.1, 0.15) is 33.4 Å². The summed E-state index contributed by atoms with van der Waals surface area (Å²) in [6, 6.07) is 13.3. The van der Waals surface area contributed by atoms with Gasteiger partial charge in [0.2, 0.25) is 0 Å². The molecule has 0 aliphatic carbocycles. The van der Waals surface area contributed by atoms with Crippen LogP contribution in [0.15, 0.2) is 36.4 Å². The topological polar surface area (TPSA) is 0 Å². The summed E-state index contributed by atoms with van der Waals surface area (Å²) in [7, 11) is 0. The lowest BCUT2D eigenvalue weighted by atomic mass is 10.1. The first kappa shape index (κ1) is 17.6. The second-order valence-electron chi connectivity index (χ2n) is 5.69. The molecule has 0 saturated carbocycles. The Morgan fingerprint density at radius 2 is 1.18 bits per heavy atom. The molecule has 0 amide bonds. The highest BCUT2D eigenvalue weighted by molar-refractivity contribution is 8.46. The van der Waals surface area contributed by atoms with Crippen LogP contribution in [0, 0.1) is 27.7 Å². The van der Waals surface area contributed by atoms with Crippen molar-refractivity contribution in [3.8, 4) is 0 Å². The second-order valence-corrected chi connectivity index (χ2v) is 8.84. The SMILES string of the molecule is Cc1ccc(CSC(=S)SCc2ccc(C)cc2C)c(C)c1. The minimum absolute atomic E-state index is 0.963. The fourth-order valence-electron chi connectivity index (χ4n) is 2.33. The molecular formula is C19H22S3. The summed E-state index contributed by atoms with van der Waals surface area (Å²) < 4.78 is 1.03. The number of hydrogen-bond acceptors (Lipinski definition) is 3. The molecule has 0 spiro atoms. The molecule has 0 N–H and O–H groups in total. The Balaban J connectivity index is 1.85. The van der Waals surface area contributed by atoms with E-state index in [0.717, 1.165) is 15.0 Å². The predicted octanol–water partition coefficient (Wildman–Crippen LogP) is 6.37. The first-order valence-corrected chi connectivity index (χ1v) is 9.75. The van der Waals surface area contributed by atoms with E-state index >= 15 is 0 Å². The molecule has 0 aliphatic rings. The molecule has 0 aromatic heterocycles. The van der Waals surface area contributed by atoms with Crippen molar-refractivity contribution in [1.82, 2.24) is 0 Å². The first-order valence-electron chi connectivity index (χ1n) is 7.37. The summed E-state index contributed by atoms with van der Waals surface area (Å²) in [4.78, 5) is 0. The maximum atomic E-state index is 5.52. The van der Waals surface area contributed by atoms with Crippen molar-refractivity contribution in [1.29, 1.82) is 0 Å². The molecule has 0 nitrogen and oxygen atoms in total. The molecule has 2 aromatic carbocycles. The van der Waals surface area contributed by atoms with E-state index < -0.39 is 0 Å². The zero-order chi connectivity index (χ0) is 16.1. The molecule has 116 valence electrons. The van der Waals surface area contributed by atoms with E-state index in [0.29, 0.717) is 0 Å². The minimum Gasteiger partial charge on any atom is -0.103 e. The van der Waals surface area contributed by atoms with Crippen molar-refractivity contribution in [3.63, 3.8) is 0 Å². The molecule has 22 heavy (non-hydrogen) atoms. The number of aryl methyl sites for hydroxylation is 4. The van der Waals surface area contributed by atoms with E-state index in [4.69, 9.17) is 12.2 Å². The highest BCUT2D eigenvalue weighted by Gasteiger charge is 2.05. The third-order valence-corrected chi connectivity index (χ3v) is 6.48. The second kappa shape index (κ2) is 8.19. The lowest BCUT2D eigenvalue weighted by Gasteiger charge is -2.09. The third-order valence-electron chi connectivity index (χ3n) is 3.69. The van der Waals surface area contributed by atoms with Crippen LogP contribution in [0.3, 0.4) is 0 Å². The Labute approximate surface area is 148 Å². The fraction of sp³-hybridized carbons (Fsp3) is 0.316. The standard InChI is InChI=1S/C19H22S3/c1-13-5-7-17(15(3)9-13)11-21-19(20)22-12-18-8-6-14(2)10-16(18)4/h5-10H,11-12H2,1-4H3. The van der Waals surface area contributed by atoms with Crippen molar-refractivity contribution in [2.75, 3.05) is 0 Å². The maximum absolute atomic E-state index is 5.52. The van der Waals surface area contributed by atoms with Crippen molar-refractivity contribution < 1.29 is 0 Å². The van der Waals surface area contributed by atoms with Gasteiger partial charge in [-0.15, -0.1) is 23.5 Å². The van der Waals surface area contributed by atoms with Gasteiger partial charge in [-0.3, -0.25) is 0 Å². The third kappa shape index (κ3) is 5.15. The number of rotatable bonds is 4. The monoisotopic (exact) mass is 346 g/mol. The van der Waals surface area contributed by atoms with Gasteiger partial charge >= 0.3 is 0 Å². The van der Waals surface area contributed by atoms with E-state index in [1.807, 2.05) is 0 Å². The van der Waals surface area contributed by atoms with Crippen molar-refractivity contribution in [2.24, 2.45) is 0 Å². The highest BCUT2D eigenvalue weighted by atomic mass is 32.2. The van der Waals surface area contributed by atoms with Crippen LogP contribution in [0.2, 0.25) is 0 Å². The molecule has 0 heterocycles. The van der Waals surface area contributed by atoms with Crippen molar-refractivity contribution >= 4 is 39.3 Å². The van der Waals surface area contributed by atoms with Crippen LogP contribution in [0.25, 0.3) is 0 Å². The molecule has 0 bridgehead atoms. The normalized spacial score (nSPS) is 10.7. The largest absolute Gasteiger partial charge is 0.104 e. The maximum Gasteiger partial charge on any atom is 0.104 e. The molecule has 0 aliphatic heterocycles. The van der Waals surface area contributed by atoms with E-state index in [1.165, 1.54) is 33.4 Å². The van der Waals surface area contributed by atoms with Crippen LogP contribution in [0.5, 0.6) is 0 Å². The Morgan fingerprint density at radius 1 is 0.773 bits per heavy atom. The van der Waals surface area contributed by atoms with Gasteiger partial charge in [-0.1, -0.05) is 59.7 Å². The molecule has 0 atom stereocenters. The molecule has 0 fully saturated rings. The molecule has 2 rings (SSSR count). The molecular weight excluding hydrogens is 324 g/mol. The molecule has 0 saturated heterocycles. The van der Waals surface area contributed by atoms with E-state index in [1.54, 1.807) is 23.5 Å². The summed E-state index contributed by atoms with van der Waals surface area (Å²) in [5.74, 6) is 1.93. The Hall–Kier alpha value is -0.770. The van der Waals surface area contributed by atoms with E-state index in [2.05, 4.69) is 64.1 Å². The zero-order valence-corrected chi connectivity index (χ0v) is 16.1. The molecule has 2 aromatic rings. The van der Waals surface area contributed by atoms with Gasteiger partial charge < -0.3 is 0 Å². The highest BCUT2D eigenvalue weighted by Crippen LogP contribution is 2.27. The predicted molar refractivity (Wildman–Crippen MR) is 107 cm³/mol. The molecule has 3 heteroatoms. The van der Waals surface area contributed by atoms with Gasteiger partial charge in [0.1, 0.15) is 3.53 Å². The summed E-state index contributed by atoms with van der Waals surface area (Å²) in [6.45, 7) is 8.62. The summed E-state index contributed by atoms with van der Waals surface area (Å²) in [5.41, 5.74) is 8.11. The van der Waals surface area contributed by atoms with Crippen LogP contribution in [-0.2, 0) is 11.5 Å². The van der Waals surface area contributed by atoms with E-state index in [-0.39, 0.29) is 0 Å². The number of benzene rings is 2. The minimum atomic E-state index is 0.963. The Morgan fingerprint density at radius 3 is 1.55 bits per heavy atom. The van der Waals surface area contributed by atoms with Gasteiger partial charge in [-0.2, -0.15) is 0 Å². The lowest BCUT2D eigenvalue weighted by molar-refractivity contribution is 1.28. The summed E-state index contributed by atoms with van der Waals surface area (Å²) >= 11 is 9.06. The smallest absolute Gasteiger partial charge is 0.103 e. The van der Waals surface area contributed by atoms with Crippen molar-refractivity contribution in [2.45, 2.75) is 39.2 Å². The zero-order valence-electron chi connectivity index (χ0n) is 13.6. The Bertz CT molecular complexity index is 617. The first-order chi connectivity index (χ1) is 10.5. The van der Waals surface area contributed by atoms with Gasteiger partial charge in [0.15, 0.2) is 0 Å². The van der Waals surface area contributed by atoms with E-state index in [9.17, 15) is 0 Å². The lowest BCUT2D eigenvalue weighted by Crippen LogP contribution is -1.92. The van der Waals surface area contributed by atoms with Gasteiger partial charge in [0.05, 0.1) is 0 Å². The van der Waals surface area contributed by atoms with Crippen LogP contribution in [0.4, 0.5) is 0 Å². The van der Waals surface area contributed by atoms with Crippen molar-refractivity contribution in [3.05, 3.63) is 69.8 Å². The number of thioether (sulfide) groups is 2. The molecule has 0 radical (unpaired) electrons. The van der Waals surface area contributed by atoms with Gasteiger partial charge in [-0.05, 0) is 49.9 Å². The average molecular weight is 347 g/mol. The van der Waals surface area contributed by atoms with Gasteiger partial charge in [0, 0.05) is 11.5 Å². The van der Waals surface area contributed by atoms with Crippen LogP contribution < -0.4 is 0 Å². The summed E-state index contributed by atoms with van der Waals surface area (Å²) in [6.07, 6.45) is 0. The Kier molecular flexibility index (Phi) is 6.54. The summed E-state index contributed by atoms with van der Waals surface area (Å²) in [5, 5.41) is 0. The molecule has 0 unspecified atom stereocenters. The van der Waals surface area contributed by atoms with Gasteiger partial charge in [0.25, 0.3) is 0 Å². The fourth-order valence-corrected chi connectivity index (χ4v) is 4.57.